The molecule has 23 heavy (non-hydrogen) atoms. The number of nitrogens with zero attached hydrogens (tertiary/aromatic N) is 1. The van der Waals surface area contributed by atoms with Gasteiger partial charge in [0.25, 0.3) is 0 Å². The van der Waals surface area contributed by atoms with Crippen LogP contribution >= 0.6 is 24.8 Å². The van der Waals surface area contributed by atoms with Crippen molar-refractivity contribution in [2.75, 3.05) is 39.4 Å². The molecular weight excluding hydrogens is 335 g/mol. The fraction of sp³-hybridized carbons (Fsp3) is 0.647. The van der Waals surface area contributed by atoms with Crippen LogP contribution in [0.3, 0.4) is 0 Å². The monoisotopic (exact) mass is 362 g/mol. The van der Waals surface area contributed by atoms with Crippen molar-refractivity contribution in [2.24, 2.45) is 5.92 Å². The summed E-state index contributed by atoms with van der Waals surface area (Å²) in [6.45, 7) is 7.89. The summed E-state index contributed by atoms with van der Waals surface area (Å²) >= 11 is 0. The topological polar surface area (TPSA) is 44.7 Å². The number of aryl methyl sites for hydroxylation is 1. The van der Waals surface area contributed by atoms with Crippen LogP contribution in [-0.4, -0.2) is 49.4 Å². The number of hydrogen-bond donors (Lipinski definition) is 2. The smallest absolute Gasteiger partial charge is 0.120 e. The van der Waals surface area contributed by atoms with Crippen molar-refractivity contribution < 1.29 is 9.84 Å². The lowest BCUT2D eigenvalue weighted by Gasteiger charge is -2.41. The lowest BCUT2D eigenvalue weighted by atomic mass is 9.85. The SMILES string of the molecule is Cc1ccc([C@@H](C2CCOCC2)N2CCNCC2)c(O)c1.Cl.Cl. The van der Waals surface area contributed by atoms with Gasteiger partial charge in [-0.2, -0.15) is 0 Å². The zero-order valence-electron chi connectivity index (χ0n) is 13.7. The molecule has 2 aliphatic heterocycles. The minimum absolute atomic E-state index is 0. The van der Waals surface area contributed by atoms with E-state index in [1.807, 2.05) is 13.0 Å². The molecule has 0 aromatic heterocycles. The van der Waals surface area contributed by atoms with E-state index < -0.39 is 0 Å². The van der Waals surface area contributed by atoms with Gasteiger partial charge in [0.15, 0.2) is 0 Å². The molecule has 4 nitrogen and oxygen atoms in total. The molecule has 0 radical (unpaired) electrons. The fourth-order valence-corrected chi connectivity index (χ4v) is 3.64. The zero-order chi connectivity index (χ0) is 14.7. The second-order valence-corrected chi connectivity index (χ2v) is 6.24. The predicted molar refractivity (Wildman–Crippen MR) is 98.1 cm³/mol. The van der Waals surface area contributed by atoms with Crippen molar-refractivity contribution >= 4 is 24.8 Å². The number of rotatable bonds is 3. The number of piperazine rings is 1. The highest BCUT2D eigenvalue weighted by Gasteiger charge is 2.32. The first-order valence-corrected chi connectivity index (χ1v) is 8.08. The molecule has 3 rings (SSSR count). The standard InChI is InChI=1S/C17H26N2O2.2ClH/c1-13-2-3-15(16(20)12-13)17(14-4-10-21-11-5-14)19-8-6-18-7-9-19;;/h2-3,12,14,17-18,20H,4-11H2,1H3;2*1H/t17-;;/m1../s1. The average molecular weight is 363 g/mol. The van der Waals surface area contributed by atoms with Gasteiger partial charge in [0.2, 0.25) is 0 Å². The Morgan fingerprint density at radius 3 is 2.43 bits per heavy atom. The van der Waals surface area contributed by atoms with Crippen molar-refractivity contribution in [2.45, 2.75) is 25.8 Å². The second kappa shape index (κ2) is 9.70. The first kappa shape index (κ1) is 20.5. The molecule has 1 aromatic carbocycles. The lowest BCUT2D eigenvalue weighted by molar-refractivity contribution is 0.0206. The number of hydrogen-bond acceptors (Lipinski definition) is 4. The maximum atomic E-state index is 10.4. The Morgan fingerprint density at radius 2 is 1.83 bits per heavy atom. The minimum atomic E-state index is 0. The third-order valence-corrected chi connectivity index (χ3v) is 4.76. The molecule has 2 fully saturated rings. The first-order chi connectivity index (χ1) is 10.3. The molecular formula is C17H28Cl2N2O2. The van der Waals surface area contributed by atoms with Crippen LogP contribution in [-0.2, 0) is 4.74 Å². The van der Waals surface area contributed by atoms with E-state index in [2.05, 4.69) is 22.3 Å². The maximum absolute atomic E-state index is 10.4. The van der Waals surface area contributed by atoms with E-state index in [0.717, 1.165) is 63.4 Å². The molecule has 0 amide bonds. The van der Waals surface area contributed by atoms with Gasteiger partial charge < -0.3 is 15.2 Å². The number of phenolic OH excluding ortho intramolecular Hbond substituents is 1. The van der Waals surface area contributed by atoms with Crippen LogP contribution in [0, 0.1) is 12.8 Å². The number of nitrogens with one attached hydrogen (secondary N) is 1. The highest BCUT2D eigenvalue weighted by molar-refractivity contribution is 5.85. The summed E-state index contributed by atoms with van der Waals surface area (Å²) < 4.78 is 5.53. The molecule has 0 saturated carbocycles. The summed E-state index contributed by atoms with van der Waals surface area (Å²) in [4.78, 5) is 2.54. The third-order valence-electron chi connectivity index (χ3n) is 4.76. The van der Waals surface area contributed by atoms with E-state index in [0.29, 0.717) is 17.7 Å². The molecule has 2 N–H and O–H groups in total. The van der Waals surface area contributed by atoms with E-state index in [9.17, 15) is 5.11 Å². The van der Waals surface area contributed by atoms with Crippen molar-refractivity contribution in [3.05, 3.63) is 29.3 Å². The van der Waals surface area contributed by atoms with E-state index in [-0.39, 0.29) is 24.8 Å². The van der Waals surface area contributed by atoms with Crippen molar-refractivity contribution in [3.8, 4) is 5.75 Å². The molecule has 2 heterocycles. The Morgan fingerprint density at radius 1 is 1.17 bits per heavy atom. The van der Waals surface area contributed by atoms with Gasteiger partial charge in [0.05, 0.1) is 0 Å². The van der Waals surface area contributed by atoms with Crippen molar-refractivity contribution in [3.63, 3.8) is 0 Å². The number of benzene rings is 1. The van der Waals surface area contributed by atoms with Crippen LogP contribution in [0.2, 0.25) is 0 Å². The van der Waals surface area contributed by atoms with Gasteiger partial charge in [-0.3, -0.25) is 4.90 Å². The predicted octanol–water partition coefficient (Wildman–Crippen LogP) is 2.92. The van der Waals surface area contributed by atoms with E-state index in [1.54, 1.807) is 0 Å². The summed E-state index contributed by atoms with van der Waals surface area (Å²) in [5.74, 6) is 1.02. The molecule has 1 aromatic rings. The summed E-state index contributed by atoms with van der Waals surface area (Å²) in [5.41, 5.74) is 2.21. The van der Waals surface area contributed by atoms with E-state index >= 15 is 0 Å². The summed E-state index contributed by atoms with van der Waals surface area (Å²) in [7, 11) is 0. The molecule has 1 atom stereocenters. The molecule has 2 saturated heterocycles. The van der Waals surface area contributed by atoms with Gasteiger partial charge >= 0.3 is 0 Å². The number of ether oxygens (including phenoxy) is 1. The van der Waals surface area contributed by atoms with Crippen LogP contribution in [0.15, 0.2) is 18.2 Å². The second-order valence-electron chi connectivity index (χ2n) is 6.24. The Balaban J connectivity index is 0.00000132. The van der Waals surface area contributed by atoms with Gasteiger partial charge in [-0.25, -0.2) is 0 Å². The number of halogens is 2. The quantitative estimate of drug-likeness (QED) is 0.867. The van der Waals surface area contributed by atoms with Gasteiger partial charge in [0.1, 0.15) is 5.75 Å². The molecule has 0 spiro atoms. The fourth-order valence-electron chi connectivity index (χ4n) is 3.64. The summed E-state index contributed by atoms with van der Waals surface area (Å²) in [6, 6.07) is 6.44. The molecule has 0 aliphatic carbocycles. The van der Waals surface area contributed by atoms with E-state index in [4.69, 9.17) is 4.74 Å². The minimum Gasteiger partial charge on any atom is -0.508 e. The summed E-state index contributed by atoms with van der Waals surface area (Å²) in [6.07, 6.45) is 2.17. The molecule has 6 heteroatoms. The maximum Gasteiger partial charge on any atom is 0.120 e. The van der Waals surface area contributed by atoms with Gasteiger partial charge in [-0.1, -0.05) is 12.1 Å². The number of phenols is 1. The van der Waals surface area contributed by atoms with Gasteiger partial charge in [0, 0.05) is 51.0 Å². The highest BCUT2D eigenvalue weighted by Crippen LogP contribution is 2.39. The third kappa shape index (κ3) is 4.97. The van der Waals surface area contributed by atoms with Crippen molar-refractivity contribution in [1.29, 1.82) is 0 Å². The lowest BCUT2D eigenvalue weighted by Crippen LogP contribution is -2.47. The summed E-state index contributed by atoms with van der Waals surface area (Å²) in [5, 5.41) is 13.9. The Labute approximate surface area is 151 Å². The van der Waals surface area contributed by atoms with Gasteiger partial charge in [-0.15, -0.1) is 24.8 Å². The Hall–Kier alpha value is -0.520. The zero-order valence-corrected chi connectivity index (χ0v) is 15.3. The normalized spacial score (nSPS) is 21.1. The van der Waals surface area contributed by atoms with Crippen LogP contribution in [0.4, 0.5) is 0 Å². The van der Waals surface area contributed by atoms with Gasteiger partial charge in [-0.05, 0) is 37.3 Å². The highest BCUT2D eigenvalue weighted by atomic mass is 35.5. The number of aromatic hydroxyl groups is 1. The average Bonchev–Trinajstić information content (AvgIpc) is 2.52. The van der Waals surface area contributed by atoms with Crippen LogP contribution in [0.25, 0.3) is 0 Å². The molecule has 2 aliphatic rings. The molecule has 0 bridgehead atoms. The largest absolute Gasteiger partial charge is 0.508 e. The molecule has 0 unspecified atom stereocenters. The van der Waals surface area contributed by atoms with Crippen LogP contribution in [0.1, 0.15) is 30.0 Å². The van der Waals surface area contributed by atoms with E-state index in [1.165, 1.54) is 0 Å². The Bertz CT molecular complexity index is 458. The van der Waals surface area contributed by atoms with Crippen LogP contribution in [0.5, 0.6) is 5.75 Å². The van der Waals surface area contributed by atoms with Crippen molar-refractivity contribution in [1.82, 2.24) is 10.2 Å². The first-order valence-electron chi connectivity index (χ1n) is 8.08. The van der Waals surface area contributed by atoms with Crippen LogP contribution < -0.4 is 5.32 Å². The molecule has 132 valence electrons. The Kier molecular flexibility index (Phi) is 8.65.